The number of rotatable bonds is 16. The maximum Gasteiger partial charge on any atom is 0.306 e. The summed E-state index contributed by atoms with van der Waals surface area (Å²) in [5.74, 6) is -0.207. The first-order chi connectivity index (χ1) is 11.1. The Balaban J connectivity index is 3.46. The largest absolute Gasteiger partial charge is 0.460 e. The second kappa shape index (κ2) is 16.0. The van der Waals surface area contributed by atoms with Gasteiger partial charge in [0, 0.05) is 12.8 Å². The number of aliphatic hydroxyl groups is 1. The molecular weight excluding hydrogens is 292 g/mol. The van der Waals surface area contributed by atoms with Gasteiger partial charge < -0.3 is 14.6 Å². The molecule has 0 bridgehead atoms. The van der Waals surface area contributed by atoms with Gasteiger partial charge in [0.25, 0.3) is 0 Å². The van der Waals surface area contributed by atoms with E-state index in [0.29, 0.717) is 19.3 Å². The van der Waals surface area contributed by atoms with Crippen LogP contribution in [0.3, 0.4) is 0 Å². The fraction of sp³-hybridized carbons (Fsp3) is 0.895. The van der Waals surface area contributed by atoms with Crippen LogP contribution in [-0.4, -0.2) is 29.6 Å². The van der Waals surface area contributed by atoms with E-state index in [1.54, 1.807) is 0 Å². The molecule has 23 heavy (non-hydrogen) atoms. The third-order valence-corrected chi connectivity index (χ3v) is 4.05. The molecule has 0 aliphatic carbocycles. The molecule has 0 radical (unpaired) electrons. The summed E-state index contributed by atoms with van der Waals surface area (Å²) in [6.45, 7) is 3.52. The first-order valence-corrected chi connectivity index (χ1v) is 9.40. The predicted octanol–water partition coefficient (Wildman–Crippen LogP) is 4.57. The number of aliphatic hydroxyl groups excluding tert-OH is 1. The number of carbonyl (C=O) groups excluding carboxylic acids is 2. The SMILES string of the molecule is CCCCCCCCCCCCC(=O)O[C@H](CO)CCC(C)=O. The molecule has 0 aliphatic rings. The molecule has 136 valence electrons. The Morgan fingerprint density at radius 3 is 1.87 bits per heavy atom. The summed E-state index contributed by atoms with van der Waals surface area (Å²) in [5.41, 5.74) is 0. The van der Waals surface area contributed by atoms with Crippen molar-refractivity contribution in [3.8, 4) is 0 Å². The second-order valence-electron chi connectivity index (χ2n) is 6.47. The average molecular weight is 328 g/mol. The van der Waals surface area contributed by atoms with Crippen molar-refractivity contribution < 1.29 is 19.4 Å². The van der Waals surface area contributed by atoms with Crippen LogP contribution in [0.2, 0.25) is 0 Å². The van der Waals surface area contributed by atoms with Crippen LogP contribution in [-0.2, 0) is 14.3 Å². The summed E-state index contributed by atoms with van der Waals surface area (Å²) in [5, 5.41) is 9.15. The van der Waals surface area contributed by atoms with Gasteiger partial charge in [-0.2, -0.15) is 0 Å². The third kappa shape index (κ3) is 15.8. The fourth-order valence-corrected chi connectivity index (χ4v) is 2.55. The van der Waals surface area contributed by atoms with Gasteiger partial charge in [0.1, 0.15) is 11.9 Å². The lowest BCUT2D eigenvalue weighted by atomic mass is 10.1. The number of esters is 1. The molecule has 0 saturated heterocycles. The number of Topliss-reactive ketones (excluding diaryl/α,β-unsaturated/α-hetero) is 1. The van der Waals surface area contributed by atoms with Crippen molar-refractivity contribution in [2.45, 2.75) is 103 Å². The molecule has 0 rings (SSSR count). The molecule has 0 spiro atoms. The number of carbonyl (C=O) groups is 2. The first-order valence-electron chi connectivity index (χ1n) is 9.40. The van der Waals surface area contributed by atoms with Crippen LogP contribution < -0.4 is 0 Å². The molecule has 1 atom stereocenters. The van der Waals surface area contributed by atoms with Crippen LogP contribution in [0.1, 0.15) is 97.3 Å². The van der Waals surface area contributed by atoms with E-state index in [9.17, 15) is 9.59 Å². The highest BCUT2D eigenvalue weighted by atomic mass is 16.5. The number of ketones is 1. The number of hydrogen-bond donors (Lipinski definition) is 1. The van der Waals surface area contributed by atoms with E-state index in [0.717, 1.165) is 12.8 Å². The first kappa shape index (κ1) is 22.1. The van der Waals surface area contributed by atoms with Crippen molar-refractivity contribution >= 4 is 11.8 Å². The van der Waals surface area contributed by atoms with Crippen LogP contribution >= 0.6 is 0 Å². The maximum absolute atomic E-state index is 11.7. The summed E-state index contributed by atoms with van der Waals surface area (Å²) in [4.78, 5) is 22.6. The normalized spacial score (nSPS) is 12.1. The van der Waals surface area contributed by atoms with Gasteiger partial charge in [0.2, 0.25) is 0 Å². The van der Waals surface area contributed by atoms with Gasteiger partial charge in [-0.3, -0.25) is 4.79 Å². The quantitative estimate of drug-likeness (QED) is 0.333. The minimum absolute atomic E-state index is 0.0502. The molecule has 0 unspecified atom stereocenters. The standard InChI is InChI=1S/C19H36O4/c1-3-4-5-6-7-8-9-10-11-12-13-19(22)23-18(16-20)15-14-17(2)21/h18,20H,3-16H2,1-2H3/t18-/m0/s1. The van der Waals surface area contributed by atoms with Crippen molar-refractivity contribution in [2.75, 3.05) is 6.61 Å². The van der Waals surface area contributed by atoms with Gasteiger partial charge in [-0.15, -0.1) is 0 Å². The highest BCUT2D eigenvalue weighted by molar-refractivity contribution is 5.75. The molecule has 0 fully saturated rings. The zero-order valence-corrected chi connectivity index (χ0v) is 15.1. The minimum atomic E-state index is -0.533. The molecule has 0 amide bonds. The van der Waals surface area contributed by atoms with Gasteiger partial charge in [0.15, 0.2) is 0 Å². The lowest BCUT2D eigenvalue weighted by Gasteiger charge is -2.14. The van der Waals surface area contributed by atoms with Gasteiger partial charge in [-0.1, -0.05) is 64.7 Å². The van der Waals surface area contributed by atoms with E-state index in [4.69, 9.17) is 9.84 Å². The fourth-order valence-electron chi connectivity index (χ4n) is 2.55. The van der Waals surface area contributed by atoms with Crippen LogP contribution in [0.4, 0.5) is 0 Å². The Morgan fingerprint density at radius 2 is 1.39 bits per heavy atom. The Morgan fingerprint density at radius 1 is 0.870 bits per heavy atom. The predicted molar refractivity (Wildman–Crippen MR) is 93.3 cm³/mol. The topological polar surface area (TPSA) is 63.6 Å². The highest BCUT2D eigenvalue weighted by Crippen LogP contribution is 2.12. The van der Waals surface area contributed by atoms with E-state index >= 15 is 0 Å². The molecule has 4 heteroatoms. The van der Waals surface area contributed by atoms with Crippen LogP contribution in [0.15, 0.2) is 0 Å². The van der Waals surface area contributed by atoms with E-state index in [-0.39, 0.29) is 18.4 Å². The van der Waals surface area contributed by atoms with Crippen molar-refractivity contribution in [1.82, 2.24) is 0 Å². The molecule has 0 aromatic rings. The molecular formula is C19H36O4. The van der Waals surface area contributed by atoms with E-state index in [1.165, 1.54) is 58.3 Å². The lowest BCUT2D eigenvalue weighted by Crippen LogP contribution is -2.22. The Kier molecular flexibility index (Phi) is 15.4. The zero-order chi connectivity index (χ0) is 17.3. The minimum Gasteiger partial charge on any atom is -0.460 e. The molecule has 0 aromatic heterocycles. The highest BCUT2D eigenvalue weighted by Gasteiger charge is 2.13. The summed E-state index contributed by atoms with van der Waals surface area (Å²) in [6, 6.07) is 0. The number of unbranched alkanes of at least 4 members (excludes halogenated alkanes) is 9. The molecule has 0 heterocycles. The van der Waals surface area contributed by atoms with E-state index in [2.05, 4.69) is 6.92 Å². The van der Waals surface area contributed by atoms with Crippen LogP contribution in [0.5, 0.6) is 0 Å². The molecule has 0 aromatic carbocycles. The van der Waals surface area contributed by atoms with Crippen LogP contribution in [0.25, 0.3) is 0 Å². The zero-order valence-electron chi connectivity index (χ0n) is 15.1. The molecule has 0 aliphatic heterocycles. The molecule has 1 N–H and O–H groups in total. The van der Waals surface area contributed by atoms with E-state index < -0.39 is 6.10 Å². The summed E-state index contributed by atoms with van der Waals surface area (Å²) in [6.07, 6.45) is 12.9. The lowest BCUT2D eigenvalue weighted by molar-refractivity contribution is -0.152. The monoisotopic (exact) mass is 328 g/mol. The smallest absolute Gasteiger partial charge is 0.306 e. The van der Waals surface area contributed by atoms with Crippen LogP contribution in [0, 0.1) is 0 Å². The number of hydrogen-bond acceptors (Lipinski definition) is 4. The van der Waals surface area contributed by atoms with E-state index in [1.807, 2.05) is 0 Å². The van der Waals surface area contributed by atoms with Crippen molar-refractivity contribution in [3.05, 3.63) is 0 Å². The average Bonchev–Trinajstić information content (AvgIpc) is 2.53. The Labute approximate surface area is 142 Å². The Hall–Kier alpha value is -0.900. The second-order valence-corrected chi connectivity index (χ2v) is 6.47. The molecule has 4 nitrogen and oxygen atoms in total. The summed E-state index contributed by atoms with van der Waals surface area (Å²) < 4.78 is 5.19. The van der Waals surface area contributed by atoms with Crippen molar-refractivity contribution in [1.29, 1.82) is 0 Å². The van der Waals surface area contributed by atoms with Crippen molar-refractivity contribution in [3.63, 3.8) is 0 Å². The summed E-state index contributed by atoms with van der Waals surface area (Å²) in [7, 11) is 0. The third-order valence-electron chi connectivity index (χ3n) is 4.05. The van der Waals surface area contributed by atoms with Gasteiger partial charge in [0.05, 0.1) is 6.61 Å². The maximum atomic E-state index is 11.7. The summed E-state index contributed by atoms with van der Waals surface area (Å²) >= 11 is 0. The van der Waals surface area contributed by atoms with Gasteiger partial charge >= 0.3 is 5.97 Å². The van der Waals surface area contributed by atoms with Gasteiger partial charge in [-0.05, 0) is 19.8 Å². The number of ether oxygens (including phenoxy) is 1. The Bertz CT molecular complexity index is 302. The van der Waals surface area contributed by atoms with Gasteiger partial charge in [-0.25, -0.2) is 0 Å². The van der Waals surface area contributed by atoms with Crippen molar-refractivity contribution in [2.24, 2.45) is 0 Å². The molecule has 0 saturated carbocycles.